The summed E-state index contributed by atoms with van der Waals surface area (Å²) in [6, 6.07) is 1.78. The molecule has 2 aromatic heterocycles. The Morgan fingerprint density at radius 2 is 1.90 bits per heavy atom. The fourth-order valence-corrected chi connectivity index (χ4v) is 3.25. The number of nitrogens with one attached hydrogen (secondary N) is 1. The van der Waals surface area contributed by atoms with E-state index in [1.165, 1.54) is 0 Å². The van der Waals surface area contributed by atoms with Crippen molar-refractivity contribution in [2.75, 3.05) is 50.1 Å². The number of hydrogen-bond acceptors (Lipinski definition) is 9. The van der Waals surface area contributed by atoms with Crippen molar-refractivity contribution in [3.63, 3.8) is 0 Å². The summed E-state index contributed by atoms with van der Waals surface area (Å²) in [5.74, 6) is 0.634. The summed E-state index contributed by atoms with van der Waals surface area (Å²) < 4.78 is 10.6. The molecular formula is C19H26N6O4. The van der Waals surface area contributed by atoms with E-state index in [1.54, 1.807) is 26.8 Å². The van der Waals surface area contributed by atoms with Gasteiger partial charge in [0, 0.05) is 32.2 Å². The molecule has 10 nitrogen and oxygen atoms in total. The van der Waals surface area contributed by atoms with Crippen LogP contribution >= 0.6 is 0 Å². The minimum atomic E-state index is -0.794. The van der Waals surface area contributed by atoms with Crippen LogP contribution in [0.3, 0.4) is 0 Å². The lowest BCUT2D eigenvalue weighted by Gasteiger charge is -2.33. The molecule has 0 unspecified atom stereocenters. The van der Waals surface area contributed by atoms with Gasteiger partial charge in [-0.05, 0) is 27.8 Å². The molecule has 0 bridgehead atoms. The Hall–Kier alpha value is -3.14. The molecule has 0 radical (unpaired) electrons. The predicted molar refractivity (Wildman–Crippen MR) is 108 cm³/mol. The smallest absolute Gasteiger partial charge is 0.342 e. The number of nitrogens with zero attached hydrogens (tertiary/aromatic N) is 4. The van der Waals surface area contributed by atoms with Gasteiger partial charge in [-0.2, -0.15) is 0 Å². The maximum absolute atomic E-state index is 12.2. The zero-order valence-electron chi connectivity index (χ0n) is 17.1. The Morgan fingerprint density at radius 1 is 1.21 bits per heavy atom. The number of anilines is 3. The van der Waals surface area contributed by atoms with Gasteiger partial charge in [-0.15, -0.1) is 0 Å². The monoisotopic (exact) mass is 402 g/mol. The maximum atomic E-state index is 12.2. The number of amides is 1. The van der Waals surface area contributed by atoms with Gasteiger partial charge >= 0.3 is 5.97 Å². The second-order valence-electron chi connectivity index (χ2n) is 6.90. The zero-order valence-corrected chi connectivity index (χ0v) is 17.1. The quantitative estimate of drug-likeness (QED) is 0.690. The average molecular weight is 402 g/mol. The van der Waals surface area contributed by atoms with Crippen LogP contribution in [-0.4, -0.2) is 66.6 Å². The second kappa shape index (κ2) is 8.48. The summed E-state index contributed by atoms with van der Waals surface area (Å²) in [5, 5.41) is 2.98. The predicted octanol–water partition coefficient (Wildman–Crippen LogP) is 1.46. The molecule has 0 aromatic carbocycles. The molecule has 0 atom stereocenters. The van der Waals surface area contributed by atoms with Gasteiger partial charge in [-0.25, -0.2) is 14.8 Å². The van der Waals surface area contributed by atoms with Crippen molar-refractivity contribution < 1.29 is 18.7 Å². The highest BCUT2D eigenvalue weighted by atomic mass is 16.5. The molecule has 156 valence electrons. The van der Waals surface area contributed by atoms with Gasteiger partial charge in [0.2, 0.25) is 5.88 Å². The molecule has 0 spiro atoms. The SMILES string of the molecule is CCOC(=O)c1c(C)oc(Nc2cc(N3CCN(C)CC3)nc(C)n2)c1C(N)=O. The molecular weight excluding hydrogens is 376 g/mol. The average Bonchev–Trinajstić information content (AvgIpc) is 2.98. The number of nitrogens with two attached hydrogens (primary N) is 1. The first-order valence-electron chi connectivity index (χ1n) is 9.46. The van der Waals surface area contributed by atoms with Crippen molar-refractivity contribution in [1.29, 1.82) is 0 Å². The van der Waals surface area contributed by atoms with E-state index in [0.717, 1.165) is 32.0 Å². The van der Waals surface area contributed by atoms with E-state index in [2.05, 4.69) is 32.1 Å². The normalized spacial score (nSPS) is 14.7. The van der Waals surface area contributed by atoms with Crippen molar-refractivity contribution in [3.05, 3.63) is 28.8 Å². The number of likely N-dealkylation sites (N-methyl/N-ethyl adjacent to an activating group) is 1. The number of carbonyl (C=O) groups is 2. The number of aryl methyl sites for hydroxylation is 2. The van der Waals surface area contributed by atoms with Gasteiger partial charge < -0.3 is 30.0 Å². The van der Waals surface area contributed by atoms with Crippen molar-refractivity contribution in [2.45, 2.75) is 20.8 Å². The van der Waals surface area contributed by atoms with Crippen LogP contribution in [0.1, 0.15) is 39.2 Å². The van der Waals surface area contributed by atoms with E-state index in [-0.39, 0.29) is 29.4 Å². The third kappa shape index (κ3) is 4.48. The van der Waals surface area contributed by atoms with E-state index >= 15 is 0 Å². The lowest BCUT2D eigenvalue weighted by molar-refractivity contribution is 0.0521. The molecule has 3 heterocycles. The van der Waals surface area contributed by atoms with Gasteiger partial charge in [0.1, 0.15) is 34.3 Å². The van der Waals surface area contributed by atoms with E-state index in [9.17, 15) is 9.59 Å². The topological polar surface area (TPSA) is 127 Å². The lowest BCUT2D eigenvalue weighted by atomic mass is 10.1. The Bertz CT molecular complexity index is 918. The summed E-state index contributed by atoms with van der Waals surface area (Å²) in [5.41, 5.74) is 5.48. The summed E-state index contributed by atoms with van der Waals surface area (Å²) in [6.45, 7) is 8.80. The Kier molecular flexibility index (Phi) is 6.02. The number of primary amides is 1. The number of carbonyl (C=O) groups excluding carboxylic acids is 2. The molecule has 0 saturated carbocycles. The first-order chi connectivity index (χ1) is 13.8. The van der Waals surface area contributed by atoms with Crippen LogP contribution in [0.15, 0.2) is 10.5 Å². The molecule has 29 heavy (non-hydrogen) atoms. The van der Waals surface area contributed by atoms with Crippen molar-refractivity contribution >= 4 is 29.4 Å². The fraction of sp³-hybridized carbons (Fsp3) is 0.474. The number of rotatable bonds is 6. The van der Waals surface area contributed by atoms with E-state index in [0.29, 0.717) is 11.6 Å². The largest absolute Gasteiger partial charge is 0.462 e. The second-order valence-corrected chi connectivity index (χ2v) is 6.90. The van der Waals surface area contributed by atoms with Crippen LogP contribution in [0.25, 0.3) is 0 Å². The van der Waals surface area contributed by atoms with Crippen molar-refractivity contribution in [2.24, 2.45) is 5.73 Å². The minimum Gasteiger partial charge on any atom is -0.462 e. The van der Waals surface area contributed by atoms with Gasteiger partial charge in [0.25, 0.3) is 5.91 Å². The zero-order chi connectivity index (χ0) is 21.1. The van der Waals surface area contributed by atoms with E-state index < -0.39 is 11.9 Å². The molecule has 1 amide bonds. The van der Waals surface area contributed by atoms with Crippen molar-refractivity contribution in [3.8, 4) is 0 Å². The van der Waals surface area contributed by atoms with Gasteiger partial charge in [0.15, 0.2) is 0 Å². The highest BCUT2D eigenvalue weighted by molar-refractivity contribution is 6.09. The van der Waals surface area contributed by atoms with Crippen molar-refractivity contribution in [1.82, 2.24) is 14.9 Å². The third-order valence-electron chi connectivity index (χ3n) is 4.70. The Labute approximate surface area is 169 Å². The summed E-state index contributed by atoms with van der Waals surface area (Å²) in [4.78, 5) is 37.6. The summed E-state index contributed by atoms with van der Waals surface area (Å²) >= 11 is 0. The first-order valence-corrected chi connectivity index (χ1v) is 9.46. The molecule has 0 aliphatic carbocycles. The third-order valence-corrected chi connectivity index (χ3v) is 4.70. The molecule has 1 aliphatic rings. The minimum absolute atomic E-state index is 0.0203. The van der Waals surface area contributed by atoms with Crippen LogP contribution in [0.5, 0.6) is 0 Å². The number of furan rings is 1. The van der Waals surface area contributed by atoms with Crippen LogP contribution in [0.4, 0.5) is 17.5 Å². The van der Waals surface area contributed by atoms with Gasteiger partial charge in [0.05, 0.1) is 6.61 Å². The Morgan fingerprint density at radius 3 is 2.52 bits per heavy atom. The van der Waals surface area contributed by atoms with Crippen LogP contribution in [0, 0.1) is 13.8 Å². The van der Waals surface area contributed by atoms with E-state index in [4.69, 9.17) is 14.9 Å². The van der Waals surface area contributed by atoms with E-state index in [1.807, 2.05) is 0 Å². The number of ether oxygens (including phenoxy) is 1. The Balaban J connectivity index is 1.93. The summed E-state index contributed by atoms with van der Waals surface area (Å²) in [6.07, 6.45) is 0. The number of aromatic nitrogens is 2. The van der Waals surface area contributed by atoms with Crippen LogP contribution in [-0.2, 0) is 4.74 Å². The molecule has 3 rings (SSSR count). The fourth-order valence-electron chi connectivity index (χ4n) is 3.25. The highest BCUT2D eigenvalue weighted by Gasteiger charge is 2.28. The number of piperazine rings is 1. The van der Waals surface area contributed by atoms with Gasteiger partial charge in [-0.1, -0.05) is 0 Å². The number of esters is 1. The lowest BCUT2D eigenvalue weighted by Crippen LogP contribution is -2.44. The van der Waals surface area contributed by atoms with Gasteiger partial charge in [-0.3, -0.25) is 4.79 Å². The first kappa shape index (κ1) is 20.6. The van der Waals surface area contributed by atoms with Crippen LogP contribution in [0.2, 0.25) is 0 Å². The standard InChI is InChI=1S/C19H26N6O4/c1-5-28-19(27)15-11(2)29-18(16(15)17(20)26)23-13-10-14(22-12(3)21-13)25-8-6-24(4)7-9-25/h10H,5-9H2,1-4H3,(H2,20,26)(H,21,22,23). The van der Waals surface area contributed by atoms with Crippen LogP contribution < -0.4 is 16.0 Å². The molecule has 2 aromatic rings. The molecule has 1 aliphatic heterocycles. The highest BCUT2D eigenvalue weighted by Crippen LogP contribution is 2.30. The number of hydrogen-bond donors (Lipinski definition) is 2. The summed E-state index contributed by atoms with van der Waals surface area (Å²) in [7, 11) is 2.08. The maximum Gasteiger partial charge on any atom is 0.342 e. The molecule has 3 N–H and O–H groups in total. The molecule has 1 saturated heterocycles. The molecule has 1 fully saturated rings. The molecule has 10 heteroatoms.